The van der Waals surface area contributed by atoms with Gasteiger partial charge in [-0.1, -0.05) is 88.1 Å². The van der Waals surface area contributed by atoms with Crippen molar-refractivity contribution in [3.05, 3.63) is 89.5 Å². The van der Waals surface area contributed by atoms with E-state index in [-0.39, 0.29) is 18.2 Å². The number of carboxylic acids is 1. The Hall–Kier alpha value is -3.69. The van der Waals surface area contributed by atoms with Gasteiger partial charge in [0.1, 0.15) is 28.2 Å². The topological polar surface area (TPSA) is 113 Å². The quantitative estimate of drug-likeness (QED) is 0.129. The molecule has 2 unspecified atom stereocenters. The molecule has 0 radical (unpaired) electrons. The first-order valence-electron chi connectivity index (χ1n) is 17.3. The zero-order valence-electron chi connectivity index (χ0n) is 28.9. The maximum Gasteiger partial charge on any atom is 0.326 e. The molecule has 0 heterocycles. The van der Waals surface area contributed by atoms with Gasteiger partial charge in [0.2, 0.25) is 0 Å². The molecule has 1 fully saturated rings. The van der Waals surface area contributed by atoms with Crippen molar-refractivity contribution in [2.75, 3.05) is 18.6 Å². The number of hydrogen-bond donors (Lipinski definition) is 2. The van der Waals surface area contributed by atoms with Crippen molar-refractivity contribution < 1.29 is 27.9 Å². The SMILES string of the molecule is CCCC(CCC)CC(COc1ccccc1)N(Cc1ccc(C(=O)NC(CCS(C)(=O)=O)C(=O)O)c(-c2ccccc2C)c1)C1CC1. The summed E-state index contributed by atoms with van der Waals surface area (Å²) in [5.41, 5.74) is 4.02. The highest BCUT2D eigenvalue weighted by Gasteiger charge is 2.35. The lowest BCUT2D eigenvalue weighted by Gasteiger charge is -2.34. The molecule has 2 N–H and O–H groups in total. The fraction of sp³-hybridized carbons (Fsp3) is 0.487. The van der Waals surface area contributed by atoms with E-state index in [1.165, 1.54) is 12.8 Å². The molecule has 1 aliphatic carbocycles. The molecule has 3 aromatic carbocycles. The van der Waals surface area contributed by atoms with Crippen LogP contribution in [0.5, 0.6) is 5.75 Å². The minimum Gasteiger partial charge on any atom is -0.492 e. The standard InChI is InChI=1S/C39H52N2O6S/c1-5-12-29(13-6-2)24-32(27-47-33-15-8-7-9-16-33)41(31-19-20-31)26-30-18-21-35(36(25-30)34-17-11-10-14-28(34)3)38(42)40-37(39(43)44)22-23-48(4,45)46/h7-11,14-18,21,25,29,31-32,37H,5-6,12-13,19-20,22-24,26-27H2,1-4H3,(H,40,42)(H,43,44). The number of carboxylic acid groups (broad SMARTS) is 1. The van der Waals surface area contributed by atoms with E-state index in [1.54, 1.807) is 6.07 Å². The van der Waals surface area contributed by atoms with Crippen molar-refractivity contribution in [1.82, 2.24) is 10.2 Å². The van der Waals surface area contributed by atoms with E-state index < -0.39 is 27.8 Å². The summed E-state index contributed by atoms with van der Waals surface area (Å²) in [6.45, 7) is 7.80. The summed E-state index contributed by atoms with van der Waals surface area (Å²) < 4.78 is 29.9. The first-order valence-corrected chi connectivity index (χ1v) is 19.4. The van der Waals surface area contributed by atoms with Crippen LogP contribution in [0, 0.1) is 12.8 Å². The lowest BCUT2D eigenvalue weighted by atomic mass is 9.90. The van der Waals surface area contributed by atoms with Crippen LogP contribution in [0.4, 0.5) is 0 Å². The van der Waals surface area contributed by atoms with Crippen LogP contribution in [0.15, 0.2) is 72.8 Å². The van der Waals surface area contributed by atoms with Crippen LogP contribution in [-0.2, 0) is 21.2 Å². The fourth-order valence-corrected chi connectivity index (χ4v) is 7.24. The van der Waals surface area contributed by atoms with Gasteiger partial charge in [0.25, 0.3) is 5.91 Å². The highest BCUT2D eigenvalue weighted by molar-refractivity contribution is 7.90. The van der Waals surface area contributed by atoms with Gasteiger partial charge in [0.05, 0.1) is 5.75 Å². The van der Waals surface area contributed by atoms with E-state index in [1.807, 2.05) is 67.6 Å². The maximum absolute atomic E-state index is 13.7. The smallest absolute Gasteiger partial charge is 0.326 e. The first kappa shape index (κ1) is 37.1. The molecule has 0 saturated heterocycles. The molecule has 1 aliphatic rings. The van der Waals surface area contributed by atoms with E-state index in [2.05, 4.69) is 30.1 Å². The number of nitrogens with zero attached hydrogens (tertiary/aromatic N) is 1. The Morgan fingerprint density at radius 3 is 2.21 bits per heavy atom. The molecule has 0 spiro atoms. The molecule has 260 valence electrons. The van der Waals surface area contributed by atoms with Crippen molar-refractivity contribution in [3.8, 4) is 16.9 Å². The molecular weight excluding hydrogens is 625 g/mol. The lowest BCUT2D eigenvalue weighted by molar-refractivity contribution is -0.139. The second-order valence-electron chi connectivity index (χ2n) is 13.3. The number of aryl methyl sites for hydroxylation is 1. The molecule has 4 rings (SSSR count). The minimum absolute atomic E-state index is 0.211. The van der Waals surface area contributed by atoms with Crippen LogP contribution >= 0.6 is 0 Å². The number of sulfone groups is 1. The Labute approximate surface area is 286 Å². The predicted octanol–water partition coefficient (Wildman–Crippen LogP) is 7.30. The first-order chi connectivity index (χ1) is 23.0. The van der Waals surface area contributed by atoms with Gasteiger partial charge in [-0.2, -0.15) is 0 Å². The van der Waals surface area contributed by atoms with Gasteiger partial charge < -0.3 is 15.2 Å². The number of aliphatic carboxylic acids is 1. The molecule has 3 aromatic rings. The number of ether oxygens (including phenoxy) is 1. The highest BCUT2D eigenvalue weighted by Crippen LogP contribution is 2.35. The van der Waals surface area contributed by atoms with Gasteiger partial charge in [-0.05, 0) is 85.0 Å². The zero-order valence-corrected chi connectivity index (χ0v) is 29.7. The second kappa shape index (κ2) is 17.6. The Balaban J connectivity index is 1.66. The number of hydrogen-bond acceptors (Lipinski definition) is 6. The Morgan fingerprint density at radius 1 is 0.938 bits per heavy atom. The summed E-state index contributed by atoms with van der Waals surface area (Å²) >= 11 is 0. The summed E-state index contributed by atoms with van der Waals surface area (Å²) in [5.74, 6) is -0.666. The Bertz CT molecular complexity index is 1600. The molecule has 9 heteroatoms. The zero-order chi connectivity index (χ0) is 34.7. The number of carbonyl (C=O) groups is 2. The van der Waals surface area contributed by atoms with Crippen molar-refractivity contribution in [1.29, 1.82) is 0 Å². The second-order valence-corrected chi connectivity index (χ2v) is 15.6. The average Bonchev–Trinajstić information content (AvgIpc) is 3.90. The van der Waals surface area contributed by atoms with Crippen LogP contribution in [0.2, 0.25) is 0 Å². The van der Waals surface area contributed by atoms with Crippen molar-refractivity contribution in [2.24, 2.45) is 5.92 Å². The molecule has 0 bridgehead atoms. The molecule has 8 nitrogen and oxygen atoms in total. The van der Waals surface area contributed by atoms with E-state index in [0.717, 1.165) is 66.4 Å². The van der Waals surface area contributed by atoms with Crippen LogP contribution in [-0.4, -0.2) is 67.0 Å². The number of amides is 1. The van der Waals surface area contributed by atoms with Gasteiger partial charge in [-0.3, -0.25) is 9.69 Å². The number of nitrogens with one attached hydrogen (secondary N) is 1. The van der Waals surface area contributed by atoms with Gasteiger partial charge in [0, 0.05) is 30.4 Å². The van der Waals surface area contributed by atoms with Crippen molar-refractivity contribution in [2.45, 2.75) is 96.8 Å². The highest BCUT2D eigenvalue weighted by atomic mass is 32.2. The fourth-order valence-electron chi connectivity index (χ4n) is 6.57. The summed E-state index contributed by atoms with van der Waals surface area (Å²) in [4.78, 5) is 28.2. The van der Waals surface area contributed by atoms with E-state index in [9.17, 15) is 23.1 Å². The Kier molecular flexibility index (Phi) is 13.6. The van der Waals surface area contributed by atoms with Crippen molar-refractivity contribution >= 4 is 21.7 Å². The van der Waals surface area contributed by atoms with Crippen LogP contribution in [0.25, 0.3) is 11.1 Å². The molecule has 0 aromatic heterocycles. The van der Waals surface area contributed by atoms with Crippen molar-refractivity contribution in [3.63, 3.8) is 0 Å². The summed E-state index contributed by atoms with van der Waals surface area (Å²) in [6, 6.07) is 23.0. The van der Waals surface area contributed by atoms with Crippen LogP contribution in [0.1, 0.15) is 86.7 Å². The molecule has 1 saturated carbocycles. The predicted molar refractivity (Wildman–Crippen MR) is 192 cm³/mol. The third-order valence-electron chi connectivity index (χ3n) is 9.18. The van der Waals surface area contributed by atoms with Gasteiger partial charge >= 0.3 is 5.97 Å². The molecule has 1 amide bonds. The van der Waals surface area contributed by atoms with E-state index in [0.29, 0.717) is 30.7 Å². The summed E-state index contributed by atoms with van der Waals surface area (Å²) in [5, 5.41) is 12.4. The van der Waals surface area contributed by atoms with Gasteiger partial charge in [0.15, 0.2) is 0 Å². The average molecular weight is 677 g/mol. The van der Waals surface area contributed by atoms with Gasteiger partial charge in [-0.15, -0.1) is 0 Å². The van der Waals surface area contributed by atoms with E-state index in [4.69, 9.17) is 4.74 Å². The van der Waals surface area contributed by atoms with Crippen LogP contribution < -0.4 is 10.1 Å². The molecular formula is C39H52N2O6S. The number of carbonyl (C=O) groups excluding carboxylic acids is 1. The molecule has 0 aliphatic heterocycles. The van der Waals surface area contributed by atoms with E-state index >= 15 is 0 Å². The third kappa shape index (κ3) is 11.2. The number of rotatable bonds is 20. The maximum atomic E-state index is 13.7. The van der Waals surface area contributed by atoms with Gasteiger partial charge in [-0.25, -0.2) is 13.2 Å². The third-order valence-corrected chi connectivity index (χ3v) is 10.2. The molecule has 48 heavy (non-hydrogen) atoms. The minimum atomic E-state index is -3.40. The summed E-state index contributed by atoms with van der Waals surface area (Å²) in [6.07, 6.45) is 8.87. The monoisotopic (exact) mass is 676 g/mol. The largest absolute Gasteiger partial charge is 0.492 e. The Morgan fingerprint density at radius 2 is 1.60 bits per heavy atom. The van der Waals surface area contributed by atoms with Crippen LogP contribution in [0.3, 0.4) is 0 Å². The summed E-state index contributed by atoms with van der Waals surface area (Å²) in [7, 11) is -3.40. The normalized spacial score (nSPS) is 14.5. The number of benzene rings is 3. The molecule has 2 atom stereocenters. The lowest BCUT2D eigenvalue weighted by Crippen LogP contribution is -2.42. The number of para-hydroxylation sites is 1.